The molecule has 1 fully saturated rings. The summed E-state index contributed by atoms with van der Waals surface area (Å²) in [7, 11) is 0. The lowest BCUT2D eigenvalue weighted by Crippen LogP contribution is -2.49. The molecule has 1 aliphatic carbocycles. The normalized spacial score (nSPS) is 28.6. The lowest BCUT2D eigenvalue weighted by atomic mass is 9.82. The van der Waals surface area contributed by atoms with Crippen molar-refractivity contribution in [2.75, 3.05) is 0 Å². The van der Waals surface area contributed by atoms with Gasteiger partial charge in [-0.15, -0.1) is 0 Å². The van der Waals surface area contributed by atoms with Gasteiger partial charge in [-0.1, -0.05) is 0 Å². The Morgan fingerprint density at radius 3 is 2.39 bits per heavy atom. The van der Waals surface area contributed by atoms with Gasteiger partial charge in [-0.2, -0.15) is 0 Å². The fourth-order valence-corrected chi connectivity index (χ4v) is 2.14. The molecule has 1 aliphatic rings. The largest absolute Gasteiger partial charge is 0.444 e. The molecule has 5 heteroatoms. The third-order valence-electron chi connectivity index (χ3n) is 3.09. The monoisotopic (exact) mass is 257 g/mol. The third-order valence-corrected chi connectivity index (χ3v) is 3.09. The molecule has 104 valence electrons. The third kappa shape index (κ3) is 4.64. The van der Waals surface area contributed by atoms with Crippen LogP contribution in [0.5, 0.6) is 0 Å². The summed E-state index contributed by atoms with van der Waals surface area (Å²) in [6, 6.07) is -0.400. The van der Waals surface area contributed by atoms with Gasteiger partial charge in [0, 0.05) is 5.92 Å². The molecular formula is C13H23NO4. The first-order valence-corrected chi connectivity index (χ1v) is 6.37. The highest BCUT2D eigenvalue weighted by atomic mass is 16.6. The first kappa shape index (κ1) is 15.0. The van der Waals surface area contributed by atoms with Crippen LogP contribution in [0.1, 0.15) is 47.0 Å². The second-order valence-corrected chi connectivity index (χ2v) is 5.94. The highest BCUT2D eigenvalue weighted by Crippen LogP contribution is 2.25. The van der Waals surface area contributed by atoms with Crippen LogP contribution in [0.25, 0.3) is 0 Å². The van der Waals surface area contributed by atoms with Gasteiger partial charge in [-0.25, -0.2) is 4.79 Å². The van der Waals surface area contributed by atoms with E-state index in [4.69, 9.17) is 4.74 Å². The van der Waals surface area contributed by atoms with Crippen molar-refractivity contribution in [1.82, 2.24) is 5.32 Å². The Kier molecular flexibility index (Phi) is 4.73. The molecule has 0 aromatic carbocycles. The van der Waals surface area contributed by atoms with Crippen molar-refractivity contribution < 1.29 is 19.4 Å². The molecule has 1 rings (SSSR count). The van der Waals surface area contributed by atoms with E-state index in [0.717, 1.165) is 0 Å². The number of ether oxygens (including phenoxy) is 1. The Morgan fingerprint density at radius 1 is 1.28 bits per heavy atom. The van der Waals surface area contributed by atoms with Gasteiger partial charge in [0.25, 0.3) is 0 Å². The van der Waals surface area contributed by atoms with Gasteiger partial charge in [0.05, 0.1) is 12.1 Å². The maximum absolute atomic E-state index is 11.6. The Hall–Kier alpha value is -1.10. The number of alkyl carbamates (subject to hydrolysis) is 1. The van der Waals surface area contributed by atoms with E-state index in [1.807, 2.05) is 0 Å². The number of nitrogens with one attached hydrogen (secondary N) is 1. The fourth-order valence-electron chi connectivity index (χ4n) is 2.14. The van der Waals surface area contributed by atoms with Gasteiger partial charge in [0.15, 0.2) is 0 Å². The number of rotatable bonds is 2. The van der Waals surface area contributed by atoms with Gasteiger partial charge in [-0.05, 0) is 47.0 Å². The molecule has 0 heterocycles. The number of ketones is 1. The van der Waals surface area contributed by atoms with Crippen LogP contribution < -0.4 is 5.32 Å². The Morgan fingerprint density at radius 2 is 1.89 bits per heavy atom. The van der Waals surface area contributed by atoms with E-state index in [2.05, 4.69) is 5.32 Å². The first-order valence-electron chi connectivity index (χ1n) is 6.37. The average Bonchev–Trinajstić information content (AvgIpc) is 2.18. The molecule has 5 nitrogen and oxygen atoms in total. The van der Waals surface area contributed by atoms with Gasteiger partial charge in [0.2, 0.25) is 0 Å². The summed E-state index contributed by atoms with van der Waals surface area (Å²) in [6.07, 6.45) is 0.549. The number of Topliss-reactive ketones (excluding diaryl/α,β-unsaturated/α-hetero) is 1. The number of hydrogen-bond donors (Lipinski definition) is 2. The van der Waals surface area contributed by atoms with Crippen LogP contribution in [0.4, 0.5) is 4.79 Å². The van der Waals surface area contributed by atoms with Crippen molar-refractivity contribution in [3.8, 4) is 0 Å². The zero-order valence-electron chi connectivity index (χ0n) is 11.5. The quantitative estimate of drug-likeness (QED) is 0.788. The van der Waals surface area contributed by atoms with E-state index in [0.29, 0.717) is 19.3 Å². The van der Waals surface area contributed by atoms with Crippen molar-refractivity contribution in [1.29, 1.82) is 0 Å². The number of aliphatic hydroxyl groups excluding tert-OH is 1. The molecule has 1 saturated carbocycles. The minimum atomic E-state index is -0.604. The molecule has 0 aliphatic heterocycles. The van der Waals surface area contributed by atoms with Crippen molar-refractivity contribution in [3.05, 3.63) is 0 Å². The number of carbonyl (C=O) groups is 2. The lowest BCUT2D eigenvalue weighted by molar-refractivity contribution is -0.122. The summed E-state index contributed by atoms with van der Waals surface area (Å²) in [5.74, 6) is 0.0335. The molecule has 0 saturated heterocycles. The molecule has 0 aromatic rings. The van der Waals surface area contributed by atoms with E-state index in [9.17, 15) is 14.7 Å². The standard InChI is InChI=1S/C13H23NO4/c1-8(15)9-5-6-11(16)10(7-9)14-12(17)18-13(2,3)4/h9-11,16H,5-7H2,1-4H3,(H,14,17)/t9-,10+,11+/m1/s1. The van der Waals surface area contributed by atoms with Gasteiger partial charge >= 0.3 is 6.09 Å². The highest BCUT2D eigenvalue weighted by Gasteiger charge is 2.33. The second kappa shape index (κ2) is 5.69. The van der Waals surface area contributed by atoms with E-state index < -0.39 is 23.8 Å². The zero-order chi connectivity index (χ0) is 13.9. The van der Waals surface area contributed by atoms with E-state index in [1.54, 1.807) is 27.7 Å². The van der Waals surface area contributed by atoms with Crippen molar-refractivity contribution in [2.45, 2.75) is 64.7 Å². The summed E-state index contributed by atoms with van der Waals surface area (Å²) in [5.41, 5.74) is -0.566. The Labute approximate surface area is 108 Å². The predicted octanol–water partition coefficient (Wildman–Crippen LogP) is 1.63. The van der Waals surface area contributed by atoms with Gasteiger partial charge in [0.1, 0.15) is 11.4 Å². The molecule has 1 amide bonds. The second-order valence-electron chi connectivity index (χ2n) is 5.94. The Bertz CT molecular complexity index is 321. The molecule has 0 radical (unpaired) electrons. The van der Waals surface area contributed by atoms with E-state index in [1.165, 1.54) is 0 Å². The maximum Gasteiger partial charge on any atom is 0.407 e. The van der Waals surface area contributed by atoms with E-state index >= 15 is 0 Å². The topological polar surface area (TPSA) is 75.6 Å². The van der Waals surface area contributed by atoms with Crippen molar-refractivity contribution in [3.63, 3.8) is 0 Å². The number of aliphatic hydroxyl groups is 1. The summed E-state index contributed by atoms with van der Waals surface area (Å²) in [6.45, 7) is 6.89. The fraction of sp³-hybridized carbons (Fsp3) is 0.846. The predicted molar refractivity (Wildman–Crippen MR) is 67.2 cm³/mol. The SMILES string of the molecule is CC(=O)[C@@H]1CC[C@H](O)[C@@H](NC(=O)OC(C)(C)C)C1. The van der Waals surface area contributed by atoms with Crippen LogP contribution in [0.2, 0.25) is 0 Å². The van der Waals surface area contributed by atoms with Crippen molar-refractivity contribution >= 4 is 11.9 Å². The number of amides is 1. The molecule has 18 heavy (non-hydrogen) atoms. The minimum absolute atomic E-state index is 0.0756. The van der Waals surface area contributed by atoms with Crippen LogP contribution >= 0.6 is 0 Å². The van der Waals surface area contributed by atoms with Crippen LogP contribution in [0, 0.1) is 5.92 Å². The maximum atomic E-state index is 11.6. The minimum Gasteiger partial charge on any atom is -0.444 e. The summed E-state index contributed by atoms with van der Waals surface area (Å²) >= 11 is 0. The average molecular weight is 257 g/mol. The first-order chi connectivity index (χ1) is 8.19. The number of carbonyl (C=O) groups excluding carboxylic acids is 2. The van der Waals surface area contributed by atoms with E-state index in [-0.39, 0.29) is 11.7 Å². The molecule has 0 spiro atoms. The highest BCUT2D eigenvalue weighted by molar-refractivity contribution is 5.78. The molecule has 0 unspecified atom stereocenters. The summed E-state index contributed by atoms with van der Waals surface area (Å²) < 4.78 is 5.14. The van der Waals surface area contributed by atoms with Gasteiger partial charge in [-0.3, -0.25) is 4.79 Å². The van der Waals surface area contributed by atoms with Crippen molar-refractivity contribution in [2.24, 2.45) is 5.92 Å². The summed E-state index contributed by atoms with van der Waals surface area (Å²) in [5, 5.41) is 12.5. The molecule has 2 N–H and O–H groups in total. The summed E-state index contributed by atoms with van der Waals surface area (Å²) in [4.78, 5) is 23.0. The Balaban J connectivity index is 2.53. The smallest absolute Gasteiger partial charge is 0.407 e. The van der Waals surface area contributed by atoms with Crippen LogP contribution in [0.15, 0.2) is 0 Å². The zero-order valence-corrected chi connectivity index (χ0v) is 11.5. The molecule has 0 aromatic heterocycles. The number of hydrogen-bond acceptors (Lipinski definition) is 4. The molecule has 3 atom stereocenters. The molecule has 0 bridgehead atoms. The molecular weight excluding hydrogens is 234 g/mol. The van der Waals surface area contributed by atoms with Gasteiger partial charge < -0.3 is 15.2 Å². The van der Waals surface area contributed by atoms with Crippen LogP contribution in [-0.2, 0) is 9.53 Å². The van der Waals surface area contributed by atoms with Crippen LogP contribution in [0.3, 0.4) is 0 Å². The lowest BCUT2D eigenvalue weighted by Gasteiger charge is -2.33. The van der Waals surface area contributed by atoms with Crippen LogP contribution in [-0.4, -0.2) is 34.7 Å².